The highest BCUT2D eigenvalue weighted by Crippen LogP contribution is 1.90. The summed E-state index contributed by atoms with van der Waals surface area (Å²) in [6, 6.07) is 0. The van der Waals surface area contributed by atoms with Crippen LogP contribution in [0.3, 0.4) is 0 Å². The lowest BCUT2D eigenvalue weighted by Gasteiger charge is -2.19. The first-order valence-electron chi connectivity index (χ1n) is 4.62. The second-order valence-electron chi connectivity index (χ2n) is 2.86. The normalized spacial score (nSPS) is 8.56. The zero-order valence-corrected chi connectivity index (χ0v) is 9.96. The van der Waals surface area contributed by atoms with Crippen LogP contribution in [0, 0.1) is 0 Å². The van der Waals surface area contributed by atoms with Crippen molar-refractivity contribution in [3.63, 3.8) is 0 Å². The van der Waals surface area contributed by atoms with E-state index >= 15 is 0 Å². The molecule has 0 aromatic carbocycles. The Labute approximate surface area is 102 Å². The van der Waals surface area contributed by atoms with Crippen LogP contribution >= 0.6 is 12.4 Å². The lowest BCUT2D eigenvalue weighted by atomic mass is 10.4. The molecule has 0 rings (SSSR count). The van der Waals surface area contributed by atoms with Gasteiger partial charge in [-0.1, -0.05) is 12.2 Å². The van der Waals surface area contributed by atoms with E-state index < -0.39 is 0 Å². The molecular formula is C10H18ClN3O2. The minimum atomic E-state index is -0.347. The zero-order valence-electron chi connectivity index (χ0n) is 9.15. The highest BCUT2D eigenvalue weighted by molar-refractivity contribution is 5.85. The van der Waals surface area contributed by atoms with Crippen molar-refractivity contribution in [3.05, 3.63) is 25.3 Å². The Morgan fingerprint density at radius 2 is 1.75 bits per heavy atom. The Morgan fingerprint density at radius 1 is 1.25 bits per heavy atom. The molecule has 0 spiro atoms. The molecule has 0 aliphatic heterocycles. The van der Waals surface area contributed by atoms with Gasteiger partial charge in [0.05, 0.1) is 13.1 Å². The predicted molar refractivity (Wildman–Crippen MR) is 66.3 cm³/mol. The van der Waals surface area contributed by atoms with E-state index in [9.17, 15) is 9.59 Å². The van der Waals surface area contributed by atoms with E-state index in [2.05, 4.69) is 18.5 Å². The van der Waals surface area contributed by atoms with Gasteiger partial charge in [-0.15, -0.1) is 25.6 Å². The van der Waals surface area contributed by atoms with Crippen molar-refractivity contribution in [2.75, 3.05) is 26.2 Å². The van der Waals surface area contributed by atoms with Crippen molar-refractivity contribution in [1.82, 2.24) is 10.2 Å². The molecule has 0 heterocycles. The average Bonchev–Trinajstić information content (AvgIpc) is 2.25. The molecule has 0 aromatic rings. The van der Waals surface area contributed by atoms with E-state index in [0.29, 0.717) is 13.1 Å². The van der Waals surface area contributed by atoms with Gasteiger partial charge < -0.3 is 16.0 Å². The Hall–Kier alpha value is -1.33. The van der Waals surface area contributed by atoms with Crippen molar-refractivity contribution in [2.24, 2.45) is 5.73 Å². The fourth-order valence-corrected chi connectivity index (χ4v) is 0.948. The van der Waals surface area contributed by atoms with Crippen LogP contribution in [0.4, 0.5) is 0 Å². The fraction of sp³-hybridized carbons (Fsp3) is 0.400. The molecule has 0 saturated carbocycles. The van der Waals surface area contributed by atoms with Crippen LogP contribution in [0.2, 0.25) is 0 Å². The van der Waals surface area contributed by atoms with Gasteiger partial charge in [-0.05, 0) is 0 Å². The van der Waals surface area contributed by atoms with Gasteiger partial charge in [-0.2, -0.15) is 0 Å². The van der Waals surface area contributed by atoms with E-state index in [0.717, 1.165) is 0 Å². The van der Waals surface area contributed by atoms with E-state index in [1.807, 2.05) is 0 Å². The van der Waals surface area contributed by atoms with Crippen molar-refractivity contribution in [2.45, 2.75) is 0 Å². The summed E-state index contributed by atoms with van der Waals surface area (Å²) in [5, 5.41) is 2.41. The predicted octanol–water partition coefficient (Wildman–Crippen LogP) is -0.316. The van der Waals surface area contributed by atoms with E-state index in [-0.39, 0.29) is 37.3 Å². The van der Waals surface area contributed by atoms with Crippen LogP contribution in [0.1, 0.15) is 0 Å². The highest BCUT2D eigenvalue weighted by atomic mass is 35.5. The maximum Gasteiger partial charge on any atom is 0.242 e. The smallest absolute Gasteiger partial charge is 0.242 e. The number of nitrogens with two attached hydrogens (primary N) is 1. The molecule has 0 aromatic heterocycles. The van der Waals surface area contributed by atoms with Gasteiger partial charge >= 0.3 is 0 Å². The summed E-state index contributed by atoms with van der Waals surface area (Å²) in [6.07, 6.45) is 3.23. The largest absolute Gasteiger partial charge is 0.346 e. The summed E-state index contributed by atoms with van der Waals surface area (Å²) in [7, 11) is 0. The fourth-order valence-electron chi connectivity index (χ4n) is 0.948. The minimum Gasteiger partial charge on any atom is -0.346 e. The van der Waals surface area contributed by atoms with Crippen molar-refractivity contribution in [1.29, 1.82) is 0 Å². The minimum absolute atomic E-state index is 0. The number of hydrogen-bond donors (Lipinski definition) is 2. The number of rotatable bonds is 7. The first kappa shape index (κ1) is 17.1. The van der Waals surface area contributed by atoms with Gasteiger partial charge in [0.2, 0.25) is 11.8 Å². The topological polar surface area (TPSA) is 75.4 Å². The molecule has 0 saturated heterocycles. The Kier molecular flexibility index (Phi) is 10.9. The van der Waals surface area contributed by atoms with Gasteiger partial charge in [-0.3, -0.25) is 9.59 Å². The first-order valence-corrected chi connectivity index (χ1v) is 4.62. The molecule has 0 aliphatic carbocycles. The number of hydrogen-bond acceptors (Lipinski definition) is 3. The quantitative estimate of drug-likeness (QED) is 0.606. The molecule has 3 N–H and O–H groups in total. The van der Waals surface area contributed by atoms with Crippen LogP contribution in [-0.4, -0.2) is 42.9 Å². The van der Waals surface area contributed by atoms with Crippen LogP contribution in [0.5, 0.6) is 0 Å². The molecule has 0 unspecified atom stereocenters. The molecule has 2 amide bonds. The Bertz CT molecular complexity index is 246. The van der Waals surface area contributed by atoms with E-state index in [4.69, 9.17) is 5.73 Å². The summed E-state index contributed by atoms with van der Waals surface area (Å²) in [5.41, 5.74) is 5.08. The second-order valence-corrected chi connectivity index (χ2v) is 2.86. The lowest BCUT2D eigenvalue weighted by Crippen LogP contribution is -2.42. The van der Waals surface area contributed by atoms with Crippen LogP contribution in [0.25, 0.3) is 0 Å². The lowest BCUT2D eigenvalue weighted by molar-refractivity contribution is -0.131. The molecule has 0 bridgehead atoms. The van der Waals surface area contributed by atoms with E-state index in [1.165, 1.54) is 4.90 Å². The summed E-state index contributed by atoms with van der Waals surface area (Å²) in [5.74, 6) is -0.530. The van der Waals surface area contributed by atoms with Crippen LogP contribution in [-0.2, 0) is 9.59 Å². The third-order valence-corrected chi connectivity index (χ3v) is 1.67. The number of amides is 2. The van der Waals surface area contributed by atoms with Gasteiger partial charge in [0.15, 0.2) is 0 Å². The molecule has 0 radical (unpaired) electrons. The molecule has 6 heteroatoms. The van der Waals surface area contributed by atoms with Gasteiger partial charge in [0.1, 0.15) is 0 Å². The van der Waals surface area contributed by atoms with Crippen molar-refractivity contribution in [3.8, 4) is 0 Å². The van der Waals surface area contributed by atoms with Gasteiger partial charge in [0, 0.05) is 13.1 Å². The van der Waals surface area contributed by atoms with Crippen LogP contribution < -0.4 is 11.1 Å². The van der Waals surface area contributed by atoms with Crippen molar-refractivity contribution < 1.29 is 9.59 Å². The number of carbonyl (C=O) groups is 2. The van der Waals surface area contributed by atoms with E-state index in [1.54, 1.807) is 12.2 Å². The summed E-state index contributed by atoms with van der Waals surface area (Å²) < 4.78 is 0. The standard InChI is InChI=1S/C10H17N3O2.ClH/c1-3-5-13(6-4-2)10(15)8-12-9(14)7-11;/h3-4H,1-2,5-8,11H2,(H,12,14);1H. The third-order valence-electron chi connectivity index (χ3n) is 1.67. The van der Waals surface area contributed by atoms with Gasteiger partial charge in [0.25, 0.3) is 0 Å². The molecule has 0 atom stereocenters. The molecule has 92 valence electrons. The molecule has 0 aliphatic rings. The molecule has 0 fully saturated rings. The number of halogens is 1. The zero-order chi connectivity index (χ0) is 11.7. The Morgan fingerprint density at radius 3 is 2.12 bits per heavy atom. The second kappa shape index (κ2) is 10.2. The number of carbonyl (C=O) groups excluding carboxylic acids is 2. The molecular weight excluding hydrogens is 230 g/mol. The van der Waals surface area contributed by atoms with Crippen LogP contribution in [0.15, 0.2) is 25.3 Å². The number of nitrogens with zero attached hydrogens (tertiary/aromatic N) is 1. The third kappa shape index (κ3) is 7.03. The summed E-state index contributed by atoms with van der Waals surface area (Å²) in [4.78, 5) is 23.9. The maximum atomic E-state index is 11.5. The SMILES string of the molecule is C=CCN(CC=C)C(=O)CNC(=O)CN.Cl. The first-order chi connectivity index (χ1) is 7.15. The van der Waals surface area contributed by atoms with Crippen molar-refractivity contribution >= 4 is 24.2 Å². The maximum absolute atomic E-state index is 11.5. The molecule has 5 nitrogen and oxygen atoms in total. The van der Waals surface area contributed by atoms with Gasteiger partial charge in [-0.25, -0.2) is 0 Å². The highest BCUT2D eigenvalue weighted by Gasteiger charge is 2.10. The Balaban J connectivity index is 0. The summed E-state index contributed by atoms with van der Waals surface area (Å²) >= 11 is 0. The molecule has 16 heavy (non-hydrogen) atoms. The average molecular weight is 248 g/mol. The number of nitrogens with one attached hydrogen (secondary N) is 1. The monoisotopic (exact) mass is 247 g/mol. The summed E-state index contributed by atoms with van der Waals surface area (Å²) in [6.45, 7) is 7.79.